The fourth-order valence-corrected chi connectivity index (χ4v) is 1.21. The van der Waals surface area contributed by atoms with E-state index in [1.807, 2.05) is 0 Å². The average molecular weight is 197 g/mol. The molecule has 1 rings (SSSR count). The molecule has 0 aromatic heterocycles. The number of rotatable bonds is 4. The summed E-state index contributed by atoms with van der Waals surface area (Å²) < 4.78 is 0. The first kappa shape index (κ1) is 10.6. The summed E-state index contributed by atoms with van der Waals surface area (Å²) in [4.78, 5) is 10.0. The van der Waals surface area contributed by atoms with Crippen molar-refractivity contribution in [3.8, 4) is 0 Å². The second-order valence-electron chi connectivity index (χ2n) is 2.84. The van der Waals surface area contributed by atoms with Gasteiger partial charge in [-0.1, -0.05) is 12.1 Å². The van der Waals surface area contributed by atoms with Crippen molar-refractivity contribution in [3.63, 3.8) is 0 Å². The zero-order valence-electron chi connectivity index (χ0n) is 7.46. The standard InChI is InChI=1S/C9H11NO4/c11-6-5-9(12)7-3-1-2-4-8(7)10(13)14/h1-4,9,11-12H,5-6H2/t9-/m0/s1. The highest BCUT2D eigenvalue weighted by molar-refractivity contribution is 5.41. The van der Waals surface area contributed by atoms with Gasteiger partial charge in [0.25, 0.3) is 5.69 Å². The van der Waals surface area contributed by atoms with Crippen molar-refractivity contribution in [3.05, 3.63) is 39.9 Å². The second-order valence-corrected chi connectivity index (χ2v) is 2.84. The maximum absolute atomic E-state index is 10.6. The van der Waals surface area contributed by atoms with Crippen molar-refractivity contribution >= 4 is 5.69 Å². The number of nitrogens with zero attached hydrogens (tertiary/aromatic N) is 1. The predicted octanol–water partition coefficient (Wildman–Crippen LogP) is 1.01. The zero-order chi connectivity index (χ0) is 10.6. The Hall–Kier alpha value is -1.46. The van der Waals surface area contributed by atoms with Crippen LogP contribution in [0.5, 0.6) is 0 Å². The Balaban J connectivity index is 3.00. The van der Waals surface area contributed by atoms with Gasteiger partial charge in [0.1, 0.15) is 0 Å². The van der Waals surface area contributed by atoms with Crippen molar-refractivity contribution < 1.29 is 15.1 Å². The molecule has 5 heteroatoms. The first-order valence-corrected chi connectivity index (χ1v) is 4.19. The summed E-state index contributed by atoms with van der Waals surface area (Å²) in [6.07, 6.45) is -0.883. The minimum Gasteiger partial charge on any atom is -0.396 e. The van der Waals surface area contributed by atoms with Gasteiger partial charge in [0.15, 0.2) is 0 Å². The Morgan fingerprint density at radius 3 is 2.64 bits per heavy atom. The summed E-state index contributed by atoms with van der Waals surface area (Å²) in [5.74, 6) is 0. The molecule has 76 valence electrons. The van der Waals surface area contributed by atoms with Crippen LogP contribution in [0, 0.1) is 10.1 Å². The minimum atomic E-state index is -0.985. The molecule has 1 aromatic carbocycles. The molecule has 0 spiro atoms. The predicted molar refractivity (Wildman–Crippen MR) is 49.8 cm³/mol. The average Bonchev–Trinajstić information content (AvgIpc) is 2.18. The SMILES string of the molecule is O=[N+]([O-])c1ccccc1[C@@H](O)CCO. The van der Waals surface area contributed by atoms with Crippen LogP contribution in [0.25, 0.3) is 0 Å². The molecule has 0 saturated carbocycles. The van der Waals surface area contributed by atoms with E-state index >= 15 is 0 Å². The maximum Gasteiger partial charge on any atom is 0.275 e. The van der Waals surface area contributed by atoms with E-state index in [4.69, 9.17) is 5.11 Å². The van der Waals surface area contributed by atoms with Crippen molar-refractivity contribution in [1.82, 2.24) is 0 Å². The van der Waals surface area contributed by atoms with Crippen LogP contribution in [0.2, 0.25) is 0 Å². The summed E-state index contributed by atoms with van der Waals surface area (Å²) in [6.45, 7) is -0.201. The van der Waals surface area contributed by atoms with Crippen LogP contribution in [0.4, 0.5) is 5.69 Å². The second kappa shape index (κ2) is 4.69. The normalized spacial score (nSPS) is 12.4. The molecule has 0 fully saturated rings. The molecule has 0 unspecified atom stereocenters. The fraction of sp³-hybridized carbons (Fsp3) is 0.333. The van der Waals surface area contributed by atoms with E-state index in [0.717, 1.165) is 0 Å². The number of para-hydroxylation sites is 1. The Morgan fingerprint density at radius 2 is 2.07 bits per heavy atom. The number of aliphatic hydroxyl groups excluding tert-OH is 2. The summed E-state index contributed by atoms with van der Waals surface area (Å²) >= 11 is 0. The van der Waals surface area contributed by atoms with Gasteiger partial charge in [-0.15, -0.1) is 0 Å². The molecular formula is C9H11NO4. The molecule has 2 N–H and O–H groups in total. The third-order valence-electron chi connectivity index (χ3n) is 1.89. The fourth-order valence-electron chi connectivity index (χ4n) is 1.21. The highest BCUT2D eigenvalue weighted by Gasteiger charge is 2.18. The quantitative estimate of drug-likeness (QED) is 0.557. The van der Waals surface area contributed by atoms with Gasteiger partial charge in [-0.3, -0.25) is 10.1 Å². The van der Waals surface area contributed by atoms with Crippen molar-refractivity contribution in [2.24, 2.45) is 0 Å². The summed E-state index contributed by atoms with van der Waals surface area (Å²) in [5, 5.41) is 28.6. The largest absolute Gasteiger partial charge is 0.396 e. The van der Waals surface area contributed by atoms with E-state index in [-0.39, 0.29) is 24.3 Å². The molecule has 0 saturated heterocycles. The molecule has 0 aliphatic heterocycles. The van der Waals surface area contributed by atoms with Crippen LogP contribution in [0.1, 0.15) is 18.1 Å². The molecule has 0 aliphatic rings. The van der Waals surface area contributed by atoms with E-state index in [9.17, 15) is 15.2 Å². The zero-order valence-corrected chi connectivity index (χ0v) is 7.46. The van der Waals surface area contributed by atoms with E-state index < -0.39 is 11.0 Å². The molecule has 0 radical (unpaired) electrons. The topological polar surface area (TPSA) is 83.6 Å². The molecule has 14 heavy (non-hydrogen) atoms. The third kappa shape index (κ3) is 2.27. The molecule has 1 aromatic rings. The van der Waals surface area contributed by atoms with Crippen LogP contribution >= 0.6 is 0 Å². The highest BCUT2D eigenvalue weighted by Crippen LogP contribution is 2.26. The van der Waals surface area contributed by atoms with Gasteiger partial charge in [0, 0.05) is 19.1 Å². The molecule has 5 nitrogen and oxygen atoms in total. The third-order valence-corrected chi connectivity index (χ3v) is 1.89. The number of benzene rings is 1. The number of nitro benzene ring substituents is 1. The van der Waals surface area contributed by atoms with Crippen molar-refractivity contribution in [1.29, 1.82) is 0 Å². The van der Waals surface area contributed by atoms with Gasteiger partial charge in [-0.05, 0) is 6.07 Å². The lowest BCUT2D eigenvalue weighted by molar-refractivity contribution is -0.386. The van der Waals surface area contributed by atoms with E-state index in [1.165, 1.54) is 18.2 Å². The highest BCUT2D eigenvalue weighted by atomic mass is 16.6. The lowest BCUT2D eigenvalue weighted by Gasteiger charge is -2.08. The van der Waals surface area contributed by atoms with Gasteiger partial charge in [-0.25, -0.2) is 0 Å². The summed E-state index contributed by atoms with van der Waals surface area (Å²) in [5.41, 5.74) is 0.125. The molecule has 0 bridgehead atoms. The van der Waals surface area contributed by atoms with Gasteiger partial charge in [-0.2, -0.15) is 0 Å². The Bertz CT molecular complexity index is 326. The molecule has 0 amide bonds. The molecular weight excluding hydrogens is 186 g/mol. The van der Waals surface area contributed by atoms with Crippen molar-refractivity contribution in [2.75, 3.05) is 6.61 Å². The Kier molecular flexibility index (Phi) is 3.55. The number of hydrogen-bond acceptors (Lipinski definition) is 4. The number of aliphatic hydroxyl groups is 2. The van der Waals surface area contributed by atoms with Crippen LogP contribution < -0.4 is 0 Å². The summed E-state index contributed by atoms with van der Waals surface area (Å²) in [7, 11) is 0. The molecule has 1 atom stereocenters. The Labute approximate surface area is 80.8 Å². The number of hydrogen-bond donors (Lipinski definition) is 2. The minimum absolute atomic E-state index is 0.102. The first-order valence-electron chi connectivity index (χ1n) is 4.19. The molecule has 0 aliphatic carbocycles. The first-order chi connectivity index (χ1) is 6.66. The van der Waals surface area contributed by atoms with Gasteiger partial charge >= 0.3 is 0 Å². The summed E-state index contributed by atoms with van der Waals surface area (Å²) in [6, 6.07) is 5.96. The van der Waals surface area contributed by atoms with Crippen molar-refractivity contribution in [2.45, 2.75) is 12.5 Å². The molecule has 0 heterocycles. The smallest absolute Gasteiger partial charge is 0.275 e. The van der Waals surface area contributed by atoms with Crippen LogP contribution in [-0.4, -0.2) is 21.7 Å². The van der Waals surface area contributed by atoms with Crippen LogP contribution in [0.15, 0.2) is 24.3 Å². The van der Waals surface area contributed by atoms with Gasteiger partial charge in [0.05, 0.1) is 16.6 Å². The lowest BCUT2D eigenvalue weighted by atomic mass is 10.1. The van der Waals surface area contributed by atoms with Crippen LogP contribution in [0.3, 0.4) is 0 Å². The number of nitro groups is 1. The van der Waals surface area contributed by atoms with Gasteiger partial charge < -0.3 is 10.2 Å². The van der Waals surface area contributed by atoms with E-state index in [1.54, 1.807) is 6.07 Å². The Morgan fingerprint density at radius 1 is 1.43 bits per heavy atom. The lowest BCUT2D eigenvalue weighted by Crippen LogP contribution is -2.03. The maximum atomic E-state index is 10.6. The van der Waals surface area contributed by atoms with Gasteiger partial charge in [0.2, 0.25) is 0 Å². The monoisotopic (exact) mass is 197 g/mol. The van der Waals surface area contributed by atoms with E-state index in [2.05, 4.69) is 0 Å². The van der Waals surface area contributed by atoms with Crippen LogP contribution in [-0.2, 0) is 0 Å². The van der Waals surface area contributed by atoms with E-state index in [0.29, 0.717) is 0 Å².